The van der Waals surface area contributed by atoms with Crippen LogP contribution in [0.1, 0.15) is 15.9 Å². The molecular formula is C21H15BrClNO3. The Labute approximate surface area is 170 Å². The molecule has 27 heavy (non-hydrogen) atoms. The number of amides is 1. The zero-order chi connectivity index (χ0) is 19.2. The summed E-state index contributed by atoms with van der Waals surface area (Å²) < 4.78 is 6.33. The molecule has 3 aromatic carbocycles. The average molecular weight is 445 g/mol. The number of hydrogen-bond acceptors (Lipinski definition) is 3. The number of carbonyl (C=O) groups excluding carboxylic acids is 2. The van der Waals surface area contributed by atoms with Gasteiger partial charge < -0.3 is 10.1 Å². The molecule has 0 aliphatic carbocycles. The summed E-state index contributed by atoms with van der Waals surface area (Å²) in [6.45, 7) is -0.182. The maximum absolute atomic E-state index is 12.8. The van der Waals surface area contributed by atoms with Crippen molar-refractivity contribution < 1.29 is 14.3 Å². The van der Waals surface area contributed by atoms with Gasteiger partial charge in [0.15, 0.2) is 12.4 Å². The lowest BCUT2D eigenvalue weighted by Gasteiger charge is -2.12. The van der Waals surface area contributed by atoms with Crippen molar-refractivity contribution in [2.24, 2.45) is 0 Å². The van der Waals surface area contributed by atoms with Crippen molar-refractivity contribution in [2.75, 3.05) is 11.9 Å². The van der Waals surface area contributed by atoms with E-state index in [1.807, 2.05) is 18.2 Å². The molecule has 0 fully saturated rings. The summed E-state index contributed by atoms with van der Waals surface area (Å²) in [5.41, 5.74) is 1.22. The highest BCUT2D eigenvalue weighted by molar-refractivity contribution is 9.10. The topological polar surface area (TPSA) is 55.4 Å². The Bertz CT molecular complexity index is 976. The molecule has 136 valence electrons. The number of hydrogen-bond donors (Lipinski definition) is 1. The number of benzene rings is 3. The summed E-state index contributed by atoms with van der Waals surface area (Å²) in [4.78, 5) is 25.0. The van der Waals surface area contributed by atoms with E-state index < -0.39 is 0 Å². The molecule has 3 rings (SSSR count). The third-order valence-corrected chi connectivity index (χ3v) is 4.43. The monoisotopic (exact) mass is 443 g/mol. The van der Waals surface area contributed by atoms with E-state index in [9.17, 15) is 9.59 Å². The van der Waals surface area contributed by atoms with E-state index in [1.54, 1.807) is 54.6 Å². The molecule has 0 spiro atoms. The maximum Gasteiger partial charge on any atom is 0.262 e. The fourth-order valence-corrected chi connectivity index (χ4v) is 3.00. The Morgan fingerprint density at radius 2 is 1.74 bits per heavy atom. The largest absolute Gasteiger partial charge is 0.484 e. The van der Waals surface area contributed by atoms with Crippen LogP contribution in [0.5, 0.6) is 5.75 Å². The highest BCUT2D eigenvalue weighted by Gasteiger charge is 2.16. The molecule has 0 heterocycles. The first-order valence-electron chi connectivity index (χ1n) is 8.10. The van der Waals surface area contributed by atoms with Gasteiger partial charge in [-0.05, 0) is 36.4 Å². The summed E-state index contributed by atoms with van der Waals surface area (Å²) in [5.74, 6) is -0.0306. The highest BCUT2D eigenvalue weighted by atomic mass is 79.9. The van der Waals surface area contributed by atoms with Crippen molar-refractivity contribution >= 4 is 44.9 Å². The third-order valence-electron chi connectivity index (χ3n) is 3.70. The third kappa shape index (κ3) is 5.18. The van der Waals surface area contributed by atoms with Gasteiger partial charge in [0.05, 0.1) is 5.69 Å². The van der Waals surface area contributed by atoms with Crippen LogP contribution in [0, 0.1) is 0 Å². The minimum absolute atomic E-state index is 0.182. The molecular weight excluding hydrogens is 430 g/mol. The molecule has 0 aliphatic rings. The molecule has 6 heteroatoms. The molecule has 0 saturated carbocycles. The molecule has 0 bridgehead atoms. The van der Waals surface area contributed by atoms with Crippen LogP contribution in [0.3, 0.4) is 0 Å². The Kier molecular flexibility index (Phi) is 6.27. The van der Waals surface area contributed by atoms with Gasteiger partial charge >= 0.3 is 0 Å². The summed E-state index contributed by atoms with van der Waals surface area (Å²) in [6, 6.07) is 20.8. The van der Waals surface area contributed by atoms with Crippen LogP contribution in [0.15, 0.2) is 77.3 Å². The van der Waals surface area contributed by atoms with Gasteiger partial charge in [-0.2, -0.15) is 0 Å². The second kappa shape index (κ2) is 8.84. The predicted octanol–water partition coefficient (Wildman–Crippen LogP) is 5.35. The highest BCUT2D eigenvalue weighted by Crippen LogP contribution is 2.24. The fourth-order valence-electron chi connectivity index (χ4n) is 2.45. The summed E-state index contributed by atoms with van der Waals surface area (Å²) >= 11 is 9.39. The Morgan fingerprint density at radius 3 is 2.48 bits per heavy atom. The van der Waals surface area contributed by atoms with Crippen LogP contribution >= 0.6 is 27.5 Å². The second-order valence-corrected chi connectivity index (χ2v) is 7.03. The van der Waals surface area contributed by atoms with Gasteiger partial charge in [0.25, 0.3) is 5.91 Å². The molecule has 4 nitrogen and oxygen atoms in total. The van der Waals surface area contributed by atoms with E-state index in [-0.39, 0.29) is 18.3 Å². The fraction of sp³-hybridized carbons (Fsp3) is 0.0476. The minimum Gasteiger partial charge on any atom is -0.484 e. The van der Waals surface area contributed by atoms with E-state index >= 15 is 0 Å². The molecule has 0 aliphatic heterocycles. The zero-order valence-corrected chi connectivity index (χ0v) is 16.5. The molecule has 0 unspecified atom stereocenters. The van der Waals surface area contributed by atoms with Gasteiger partial charge in [0.2, 0.25) is 0 Å². The number of nitrogens with one attached hydrogen (secondary N) is 1. The first-order chi connectivity index (χ1) is 13.0. The molecule has 0 radical (unpaired) electrons. The first-order valence-corrected chi connectivity index (χ1v) is 9.27. The van der Waals surface area contributed by atoms with Crippen LogP contribution < -0.4 is 10.1 Å². The van der Waals surface area contributed by atoms with Crippen LogP contribution in [0.2, 0.25) is 5.02 Å². The summed E-state index contributed by atoms with van der Waals surface area (Å²) in [6.07, 6.45) is 0. The number of ketones is 1. The summed E-state index contributed by atoms with van der Waals surface area (Å²) in [7, 11) is 0. The standard InChI is InChI=1S/C21H15BrClNO3/c22-15-7-4-8-17(11-15)27-13-20(25)24-19-10-9-16(23)12-18(19)21(26)14-5-2-1-3-6-14/h1-12H,13H2,(H,24,25). The van der Waals surface area contributed by atoms with Crippen molar-refractivity contribution in [3.63, 3.8) is 0 Å². The van der Waals surface area contributed by atoms with Crippen LogP contribution in [0.25, 0.3) is 0 Å². The van der Waals surface area contributed by atoms with Gasteiger partial charge in [0, 0.05) is 20.6 Å². The molecule has 0 atom stereocenters. The van der Waals surface area contributed by atoms with Crippen molar-refractivity contribution in [1.82, 2.24) is 0 Å². The summed E-state index contributed by atoms with van der Waals surface area (Å²) in [5, 5.41) is 3.13. The van der Waals surface area contributed by atoms with Crippen molar-refractivity contribution in [3.05, 3.63) is 93.4 Å². The van der Waals surface area contributed by atoms with Gasteiger partial charge in [-0.25, -0.2) is 0 Å². The van der Waals surface area contributed by atoms with Gasteiger partial charge in [-0.1, -0.05) is 63.9 Å². The van der Waals surface area contributed by atoms with Crippen molar-refractivity contribution in [3.8, 4) is 5.75 Å². The maximum atomic E-state index is 12.8. The van der Waals surface area contributed by atoms with E-state index in [0.29, 0.717) is 27.6 Å². The number of carbonyl (C=O) groups is 2. The number of ether oxygens (including phenoxy) is 1. The molecule has 0 saturated heterocycles. The lowest BCUT2D eigenvalue weighted by atomic mass is 10.0. The van der Waals surface area contributed by atoms with Gasteiger partial charge in [-0.3, -0.25) is 9.59 Å². The van der Waals surface area contributed by atoms with Crippen LogP contribution in [0.4, 0.5) is 5.69 Å². The molecule has 0 aromatic heterocycles. The van der Waals surface area contributed by atoms with E-state index in [4.69, 9.17) is 16.3 Å². The minimum atomic E-state index is -0.376. The smallest absolute Gasteiger partial charge is 0.262 e. The normalized spacial score (nSPS) is 10.3. The lowest BCUT2D eigenvalue weighted by Crippen LogP contribution is -2.21. The predicted molar refractivity (Wildman–Crippen MR) is 110 cm³/mol. The number of halogens is 2. The second-order valence-electron chi connectivity index (χ2n) is 5.68. The van der Waals surface area contributed by atoms with Gasteiger partial charge in [-0.15, -0.1) is 0 Å². The Morgan fingerprint density at radius 1 is 0.963 bits per heavy atom. The average Bonchev–Trinajstić information content (AvgIpc) is 2.68. The quantitative estimate of drug-likeness (QED) is 0.521. The van der Waals surface area contributed by atoms with Crippen molar-refractivity contribution in [2.45, 2.75) is 0 Å². The van der Waals surface area contributed by atoms with Crippen LogP contribution in [-0.2, 0) is 4.79 Å². The number of anilines is 1. The van der Waals surface area contributed by atoms with Gasteiger partial charge in [0.1, 0.15) is 5.75 Å². The van der Waals surface area contributed by atoms with E-state index in [2.05, 4.69) is 21.2 Å². The first kappa shape index (κ1) is 19.1. The van der Waals surface area contributed by atoms with E-state index in [0.717, 1.165) is 4.47 Å². The van der Waals surface area contributed by atoms with E-state index in [1.165, 1.54) is 0 Å². The number of rotatable bonds is 6. The molecule has 3 aromatic rings. The van der Waals surface area contributed by atoms with Crippen LogP contribution in [-0.4, -0.2) is 18.3 Å². The lowest BCUT2D eigenvalue weighted by molar-refractivity contribution is -0.118. The Balaban J connectivity index is 1.74. The Hall–Kier alpha value is -2.63. The molecule has 1 N–H and O–H groups in total. The van der Waals surface area contributed by atoms with Crippen molar-refractivity contribution in [1.29, 1.82) is 0 Å². The zero-order valence-electron chi connectivity index (χ0n) is 14.1. The SMILES string of the molecule is O=C(COc1cccc(Br)c1)Nc1ccc(Cl)cc1C(=O)c1ccccc1. The molecule has 1 amide bonds.